The van der Waals surface area contributed by atoms with Crippen molar-refractivity contribution in [1.29, 1.82) is 0 Å². The molecule has 8 aromatic rings. The van der Waals surface area contributed by atoms with Crippen molar-refractivity contribution < 1.29 is 13.6 Å². The molecule has 0 N–H and O–H groups in total. The minimum atomic E-state index is -0.572. The van der Waals surface area contributed by atoms with Crippen molar-refractivity contribution in [3.63, 3.8) is 0 Å². The number of nitrogens with zero attached hydrogens (tertiary/aromatic N) is 2. The van der Waals surface area contributed by atoms with Crippen molar-refractivity contribution in [1.82, 2.24) is 0 Å². The number of pyridine rings is 2. The molecule has 3 heteroatoms. The fourth-order valence-corrected chi connectivity index (χ4v) is 8.66. The van der Waals surface area contributed by atoms with E-state index in [0.717, 1.165) is 21.9 Å². The summed E-state index contributed by atoms with van der Waals surface area (Å²) in [6.07, 6.45) is 2.16. The lowest BCUT2D eigenvalue weighted by molar-refractivity contribution is -0.702. The summed E-state index contributed by atoms with van der Waals surface area (Å²) < 4.78 is 11.9. The second-order valence-corrected chi connectivity index (χ2v) is 14.2. The second-order valence-electron chi connectivity index (χ2n) is 14.2. The molecule has 0 bridgehead atoms. The van der Waals surface area contributed by atoms with E-state index in [1.807, 2.05) is 0 Å². The SMILES string of the molecule is Cc1ccccc1C(C)(C)c1cccc(C(C)(c2c(C)ccc3c2oc2c3ccc3ccc4ccccc4c32)c2cccc[n+]2C)[n+]1C. The molecule has 48 heavy (non-hydrogen) atoms. The number of benzene rings is 5. The molecule has 1 unspecified atom stereocenters. The third kappa shape index (κ3) is 4.27. The zero-order chi connectivity index (χ0) is 33.4. The van der Waals surface area contributed by atoms with E-state index in [1.54, 1.807) is 0 Å². The van der Waals surface area contributed by atoms with Crippen LogP contribution in [0.4, 0.5) is 0 Å². The largest absolute Gasteiger partial charge is 0.455 e. The Morgan fingerprint density at radius 2 is 1.17 bits per heavy atom. The molecule has 0 saturated carbocycles. The summed E-state index contributed by atoms with van der Waals surface area (Å²) in [7, 11) is 4.39. The molecule has 0 aliphatic rings. The highest BCUT2D eigenvalue weighted by atomic mass is 16.3. The molecule has 236 valence electrons. The standard InChI is InChI=1S/C45H42N2O/c1-29-15-8-11-18-36(29)44(3,4)37-20-14-21-39(47(37)7)45(5,38-19-12-13-28-46(38)6)41-30(2)22-26-35-34-27-25-32-24-23-31-16-9-10-17-33(31)40(32)42(34)48-43(35)41/h8-28H,1-7H3/q+2. The van der Waals surface area contributed by atoms with E-state index in [-0.39, 0.29) is 5.41 Å². The molecule has 3 aromatic heterocycles. The summed E-state index contributed by atoms with van der Waals surface area (Å²) in [5, 5.41) is 7.08. The average molecular weight is 627 g/mol. The van der Waals surface area contributed by atoms with Crippen LogP contribution in [0.1, 0.15) is 60.1 Å². The Morgan fingerprint density at radius 1 is 0.521 bits per heavy atom. The van der Waals surface area contributed by atoms with Gasteiger partial charge in [-0.3, -0.25) is 0 Å². The summed E-state index contributed by atoms with van der Waals surface area (Å²) >= 11 is 0. The van der Waals surface area contributed by atoms with Crippen LogP contribution in [0.3, 0.4) is 0 Å². The lowest BCUT2D eigenvalue weighted by Crippen LogP contribution is -2.53. The highest BCUT2D eigenvalue weighted by Crippen LogP contribution is 2.46. The van der Waals surface area contributed by atoms with Gasteiger partial charge in [-0.15, -0.1) is 0 Å². The van der Waals surface area contributed by atoms with Crippen molar-refractivity contribution in [3.8, 4) is 0 Å². The number of aromatic nitrogens is 2. The lowest BCUT2D eigenvalue weighted by atomic mass is 9.72. The van der Waals surface area contributed by atoms with E-state index in [1.165, 1.54) is 60.9 Å². The maximum absolute atomic E-state index is 7.22. The molecule has 0 spiro atoms. The molecule has 0 amide bonds. The summed E-state index contributed by atoms with van der Waals surface area (Å²) in [6.45, 7) is 11.5. The third-order valence-electron chi connectivity index (χ3n) is 11.0. The molecular weight excluding hydrogens is 585 g/mol. The lowest BCUT2D eigenvalue weighted by Gasteiger charge is -2.30. The van der Waals surface area contributed by atoms with Crippen molar-refractivity contribution in [2.24, 2.45) is 14.1 Å². The van der Waals surface area contributed by atoms with Gasteiger partial charge < -0.3 is 4.42 Å². The Bertz CT molecular complexity index is 2550. The van der Waals surface area contributed by atoms with Gasteiger partial charge in [-0.25, -0.2) is 9.13 Å². The van der Waals surface area contributed by atoms with E-state index in [9.17, 15) is 0 Å². The highest BCUT2D eigenvalue weighted by Gasteiger charge is 2.48. The molecule has 3 heterocycles. The van der Waals surface area contributed by atoms with Crippen LogP contribution < -0.4 is 9.13 Å². The predicted octanol–water partition coefficient (Wildman–Crippen LogP) is 9.84. The maximum Gasteiger partial charge on any atom is 0.202 e. The molecule has 0 radical (unpaired) electrons. The third-order valence-corrected chi connectivity index (χ3v) is 11.0. The molecule has 3 nitrogen and oxygen atoms in total. The van der Waals surface area contributed by atoms with Crippen LogP contribution in [0.15, 0.2) is 132 Å². The molecule has 0 fully saturated rings. The van der Waals surface area contributed by atoms with E-state index >= 15 is 0 Å². The minimum Gasteiger partial charge on any atom is -0.455 e. The van der Waals surface area contributed by atoms with Crippen LogP contribution in [0.2, 0.25) is 0 Å². The molecule has 8 rings (SSSR count). The maximum atomic E-state index is 7.22. The van der Waals surface area contributed by atoms with Gasteiger partial charge in [0.15, 0.2) is 17.3 Å². The van der Waals surface area contributed by atoms with Gasteiger partial charge in [0.25, 0.3) is 0 Å². The van der Waals surface area contributed by atoms with Gasteiger partial charge in [0.2, 0.25) is 11.4 Å². The van der Waals surface area contributed by atoms with Gasteiger partial charge in [0, 0.05) is 46.0 Å². The fourth-order valence-electron chi connectivity index (χ4n) is 8.66. The van der Waals surface area contributed by atoms with Gasteiger partial charge in [-0.2, -0.15) is 0 Å². The zero-order valence-corrected chi connectivity index (χ0v) is 28.9. The van der Waals surface area contributed by atoms with Crippen molar-refractivity contribution in [2.75, 3.05) is 0 Å². The summed E-state index contributed by atoms with van der Waals surface area (Å²) in [5.74, 6) is 0. The molecule has 1 atom stereocenters. The number of rotatable bonds is 5. The van der Waals surface area contributed by atoms with E-state index in [0.29, 0.717) is 0 Å². The second kappa shape index (κ2) is 10.9. The van der Waals surface area contributed by atoms with Gasteiger partial charge >= 0.3 is 0 Å². The van der Waals surface area contributed by atoms with Crippen LogP contribution >= 0.6 is 0 Å². The number of fused-ring (bicyclic) bond motifs is 7. The van der Waals surface area contributed by atoms with Gasteiger partial charge in [0.05, 0.1) is 5.41 Å². The van der Waals surface area contributed by atoms with Gasteiger partial charge in [0.1, 0.15) is 25.3 Å². The molecule has 0 saturated heterocycles. The zero-order valence-electron chi connectivity index (χ0n) is 28.9. The van der Waals surface area contributed by atoms with Crippen LogP contribution in [0.25, 0.3) is 43.5 Å². The van der Waals surface area contributed by atoms with Crippen molar-refractivity contribution in [2.45, 2.75) is 45.4 Å². The van der Waals surface area contributed by atoms with E-state index < -0.39 is 5.41 Å². The topological polar surface area (TPSA) is 20.9 Å². The molecule has 0 aliphatic heterocycles. The first-order chi connectivity index (χ1) is 23.1. The number of hydrogen-bond acceptors (Lipinski definition) is 1. The van der Waals surface area contributed by atoms with Crippen LogP contribution in [-0.2, 0) is 24.9 Å². The van der Waals surface area contributed by atoms with Crippen LogP contribution in [-0.4, -0.2) is 0 Å². The van der Waals surface area contributed by atoms with Crippen LogP contribution in [0.5, 0.6) is 0 Å². The van der Waals surface area contributed by atoms with E-state index in [4.69, 9.17) is 4.42 Å². The fraction of sp³-hybridized carbons (Fsp3) is 0.200. The predicted molar refractivity (Wildman–Crippen MR) is 198 cm³/mol. The quantitative estimate of drug-likeness (QED) is 0.138. The van der Waals surface area contributed by atoms with Crippen molar-refractivity contribution >= 4 is 43.5 Å². The first-order valence-electron chi connectivity index (χ1n) is 16.9. The smallest absolute Gasteiger partial charge is 0.202 e. The number of aryl methyl sites for hydroxylation is 3. The summed E-state index contributed by atoms with van der Waals surface area (Å²) in [6, 6.07) is 44.2. The monoisotopic (exact) mass is 626 g/mol. The Kier molecular flexibility index (Phi) is 6.82. The Labute approximate surface area is 282 Å². The van der Waals surface area contributed by atoms with Crippen LogP contribution in [0, 0.1) is 13.8 Å². The van der Waals surface area contributed by atoms with Crippen molar-refractivity contribution in [3.05, 3.63) is 167 Å². The summed E-state index contributed by atoms with van der Waals surface area (Å²) in [4.78, 5) is 0. The average Bonchev–Trinajstić information content (AvgIpc) is 3.46. The van der Waals surface area contributed by atoms with Gasteiger partial charge in [-0.1, -0.05) is 84.9 Å². The number of furan rings is 1. The summed E-state index contributed by atoms with van der Waals surface area (Å²) in [5.41, 5.74) is 9.77. The molecule has 5 aromatic carbocycles. The Balaban J connectivity index is 1.48. The molecular formula is C45H42N2O+2. The minimum absolute atomic E-state index is 0.226. The number of hydrogen-bond donors (Lipinski definition) is 0. The normalized spacial score (nSPS) is 13.5. The Hall–Kier alpha value is -5.28. The first kappa shape index (κ1) is 30.1. The molecule has 0 aliphatic carbocycles. The first-order valence-corrected chi connectivity index (χ1v) is 16.9. The van der Waals surface area contributed by atoms with Gasteiger partial charge in [-0.05, 0) is 79.6 Å². The Morgan fingerprint density at radius 3 is 1.98 bits per heavy atom. The van der Waals surface area contributed by atoms with E-state index in [2.05, 4.69) is 185 Å². The highest BCUT2D eigenvalue weighted by molar-refractivity contribution is 6.23.